The van der Waals surface area contributed by atoms with Gasteiger partial charge in [-0.2, -0.15) is 13.2 Å². The van der Waals surface area contributed by atoms with Gasteiger partial charge in [-0.1, -0.05) is 31.2 Å². The van der Waals surface area contributed by atoms with E-state index in [2.05, 4.69) is 0 Å². The Morgan fingerprint density at radius 2 is 1.67 bits per heavy atom. The van der Waals surface area contributed by atoms with Crippen LogP contribution in [0.1, 0.15) is 23.6 Å². The molecule has 2 atom stereocenters. The third-order valence-electron chi connectivity index (χ3n) is 5.71. The molecule has 2 amide bonds. The molecule has 9 heteroatoms. The number of sulfone groups is 1. The van der Waals surface area contributed by atoms with E-state index in [0.717, 1.165) is 24.1 Å². The molecular formula is C21H21F3N2O3S. The first-order valence-corrected chi connectivity index (χ1v) is 11.5. The van der Waals surface area contributed by atoms with Gasteiger partial charge >= 0.3 is 12.2 Å². The number of fused-ring (bicyclic) bond motifs is 1. The number of hydrogen-bond donors (Lipinski definition) is 0. The zero-order valence-electron chi connectivity index (χ0n) is 16.3. The highest BCUT2D eigenvalue weighted by atomic mass is 32.2. The Labute approximate surface area is 173 Å². The number of anilines is 1. The van der Waals surface area contributed by atoms with Crippen LogP contribution in [0.2, 0.25) is 0 Å². The molecule has 0 unspecified atom stereocenters. The van der Waals surface area contributed by atoms with Crippen LogP contribution in [0.15, 0.2) is 48.5 Å². The maximum atomic E-state index is 13.2. The number of hydrogen-bond acceptors (Lipinski definition) is 3. The fourth-order valence-electron chi connectivity index (χ4n) is 4.20. The Bertz CT molecular complexity index is 1070. The van der Waals surface area contributed by atoms with Crippen LogP contribution >= 0.6 is 0 Å². The molecule has 5 nitrogen and oxygen atoms in total. The summed E-state index contributed by atoms with van der Waals surface area (Å²) in [6.07, 6.45) is -3.66. The Balaban J connectivity index is 1.67. The van der Waals surface area contributed by atoms with E-state index in [-0.39, 0.29) is 24.1 Å². The average molecular weight is 438 g/mol. The molecule has 0 aliphatic carbocycles. The third-order valence-corrected chi connectivity index (χ3v) is 7.41. The van der Waals surface area contributed by atoms with E-state index in [1.54, 1.807) is 12.1 Å². The minimum Gasteiger partial charge on any atom is -0.314 e. The molecule has 2 fully saturated rings. The van der Waals surface area contributed by atoms with Gasteiger partial charge in [-0.15, -0.1) is 0 Å². The topological polar surface area (TPSA) is 57.7 Å². The lowest BCUT2D eigenvalue weighted by molar-refractivity contribution is -0.137. The van der Waals surface area contributed by atoms with Crippen LogP contribution in [0.5, 0.6) is 0 Å². The molecule has 2 aromatic rings. The standard InChI is InChI=1S/C21H21F3N2O3S/c1-2-14-6-8-17(9-7-14)26-19-13-30(28,29)12-18(19)25(20(26)27)11-15-4-3-5-16(10-15)21(22,23)24/h3-10,18-19H,2,11-13H2,1H3/t18-,19+/m1/s1. The van der Waals surface area contributed by atoms with E-state index in [1.165, 1.54) is 21.9 Å². The minimum atomic E-state index is -4.49. The lowest BCUT2D eigenvalue weighted by Crippen LogP contribution is -2.37. The molecule has 0 radical (unpaired) electrons. The van der Waals surface area contributed by atoms with Crippen molar-refractivity contribution in [2.45, 2.75) is 38.1 Å². The van der Waals surface area contributed by atoms with Gasteiger partial charge in [0.25, 0.3) is 0 Å². The van der Waals surface area contributed by atoms with Gasteiger partial charge in [0.15, 0.2) is 9.84 Å². The SMILES string of the molecule is CCc1ccc(N2C(=O)N(Cc3cccc(C(F)(F)F)c3)[C@@H]3CS(=O)(=O)C[C@@H]32)cc1. The van der Waals surface area contributed by atoms with E-state index in [0.29, 0.717) is 11.3 Å². The Morgan fingerprint density at radius 3 is 2.30 bits per heavy atom. The van der Waals surface area contributed by atoms with Crippen molar-refractivity contribution in [3.05, 3.63) is 65.2 Å². The highest BCUT2D eigenvalue weighted by Gasteiger charge is 2.53. The summed E-state index contributed by atoms with van der Waals surface area (Å²) in [5.41, 5.74) is 1.19. The maximum absolute atomic E-state index is 13.2. The summed E-state index contributed by atoms with van der Waals surface area (Å²) >= 11 is 0. The fraction of sp³-hybridized carbons (Fsp3) is 0.381. The fourth-order valence-corrected chi connectivity index (χ4v) is 6.15. The number of nitrogens with zero attached hydrogens (tertiary/aromatic N) is 2. The second-order valence-corrected chi connectivity index (χ2v) is 9.86. The van der Waals surface area contributed by atoms with Gasteiger partial charge < -0.3 is 4.90 Å². The van der Waals surface area contributed by atoms with E-state index >= 15 is 0 Å². The Kier molecular flexibility index (Phi) is 5.04. The normalized spacial score (nSPS) is 23.1. The zero-order valence-corrected chi connectivity index (χ0v) is 17.1. The highest BCUT2D eigenvalue weighted by Crippen LogP contribution is 2.37. The first-order valence-electron chi connectivity index (χ1n) is 9.64. The van der Waals surface area contributed by atoms with E-state index in [1.807, 2.05) is 19.1 Å². The predicted octanol–water partition coefficient (Wildman–Crippen LogP) is 3.88. The first kappa shape index (κ1) is 20.7. The summed E-state index contributed by atoms with van der Waals surface area (Å²) in [4.78, 5) is 16.1. The Hall–Kier alpha value is -2.55. The van der Waals surface area contributed by atoms with Gasteiger partial charge in [-0.05, 0) is 41.8 Å². The molecule has 0 spiro atoms. The predicted molar refractivity (Wildman–Crippen MR) is 107 cm³/mol. The molecule has 2 heterocycles. The third kappa shape index (κ3) is 3.78. The average Bonchev–Trinajstić information content (AvgIpc) is 3.12. The van der Waals surface area contributed by atoms with Crippen molar-refractivity contribution in [3.63, 3.8) is 0 Å². The first-order chi connectivity index (χ1) is 14.1. The summed E-state index contributed by atoms with van der Waals surface area (Å²) < 4.78 is 63.8. The van der Waals surface area contributed by atoms with Crippen LogP contribution in [0.4, 0.5) is 23.7 Å². The van der Waals surface area contributed by atoms with E-state index < -0.39 is 33.7 Å². The number of carbonyl (C=O) groups excluding carboxylic acids is 1. The monoisotopic (exact) mass is 438 g/mol. The van der Waals surface area contributed by atoms with Crippen LogP contribution in [-0.2, 0) is 29.0 Å². The number of urea groups is 1. The van der Waals surface area contributed by atoms with Gasteiger partial charge in [0.05, 0.1) is 29.2 Å². The van der Waals surface area contributed by atoms with Crippen LogP contribution in [0.25, 0.3) is 0 Å². The van der Waals surface area contributed by atoms with Crippen molar-refractivity contribution in [3.8, 4) is 0 Å². The number of amides is 2. The molecule has 0 aromatic heterocycles. The molecule has 0 N–H and O–H groups in total. The molecule has 2 aromatic carbocycles. The second kappa shape index (κ2) is 7.30. The lowest BCUT2D eigenvalue weighted by Gasteiger charge is -2.23. The molecular weight excluding hydrogens is 417 g/mol. The van der Waals surface area contributed by atoms with Crippen LogP contribution in [0, 0.1) is 0 Å². The molecule has 0 saturated carbocycles. The minimum absolute atomic E-state index is 0.0804. The van der Waals surface area contributed by atoms with Gasteiger partial charge in [0.1, 0.15) is 0 Å². The molecule has 0 bridgehead atoms. The number of carbonyl (C=O) groups is 1. The Morgan fingerprint density at radius 1 is 1.00 bits per heavy atom. The van der Waals surface area contributed by atoms with Crippen molar-refractivity contribution >= 4 is 21.6 Å². The van der Waals surface area contributed by atoms with Gasteiger partial charge in [0, 0.05) is 12.2 Å². The number of halogens is 3. The summed E-state index contributed by atoms with van der Waals surface area (Å²) in [6, 6.07) is 10.6. The largest absolute Gasteiger partial charge is 0.416 e. The molecule has 30 heavy (non-hydrogen) atoms. The lowest BCUT2D eigenvalue weighted by atomic mass is 10.1. The zero-order chi connectivity index (χ0) is 21.7. The summed E-state index contributed by atoms with van der Waals surface area (Å²) in [6.45, 7) is 1.93. The number of benzene rings is 2. The molecule has 2 aliphatic heterocycles. The molecule has 160 valence electrons. The molecule has 4 rings (SSSR count). The van der Waals surface area contributed by atoms with Crippen LogP contribution < -0.4 is 4.90 Å². The number of alkyl halides is 3. The number of aryl methyl sites for hydroxylation is 1. The summed E-state index contributed by atoms with van der Waals surface area (Å²) in [7, 11) is -3.35. The van der Waals surface area contributed by atoms with Crippen molar-refractivity contribution in [1.29, 1.82) is 0 Å². The van der Waals surface area contributed by atoms with Crippen LogP contribution in [-0.4, -0.2) is 42.9 Å². The van der Waals surface area contributed by atoms with Crippen molar-refractivity contribution in [2.75, 3.05) is 16.4 Å². The summed E-state index contributed by atoms with van der Waals surface area (Å²) in [5, 5.41) is 0. The van der Waals surface area contributed by atoms with Crippen LogP contribution in [0.3, 0.4) is 0 Å². The quantitative estimate of drug-likeness (QED) is 0.681. The van der Waals surface area contributed by atoms with Crippen molar-refractivity contribution in [1.82, 2.24) is 4.90 Å². The smallest absolute Gasteiger partial charge is 0.314 e. The van der Waals surface area contributed by atoms with Gasteiger partial charge in [-0.25, -0.2) is 13.2 Å². The summed E-state index contributed by atoms with van der Waals surface area (Å²) in [5.74, 6) is -0.343. The van der Waals surface area contributed by atoms with E-state index in [9.17, 15) is 26.4 Å². The van der Waals surface area contributed by atoms with Crippen molar-refractivity contribution in [2.24, 2.45) is 0 Å². The van der Waals surface area contributed by atoms with Crippen molar-refractivity contribution < 1.29 is 26.4 Å². The highest BCUT2D eigenvalue weighted by molar-refractivity contribution is 7.91. The van der Waals surface area contributed by atoms with E-state index in [4.69, 9.17) is 0 Å². The number of rotatable bonds is 4. The molecule has 2 aliphatic rings. The van der Waals surface area contributed by atoms with Gasteiger partial charge in [-0.3, -0.25) is 4.90 Å². The molecule has 2 saturated heterocycles. The maximum Gasteiger partial charge on any atom is 0.416 e. The van der Waals surface area contributed by atoms with Gasteiger partial charge in [0.2, 0.25) is 0 Å². The second-order valence-electron chi connectivity index (χ2n) is 7.71.